The van der Waals surface area contributed by atoms with Crippen LogP contribution in [0.2, 0.25) is 0 Å². The summed E-state index contributed by atoms with van der Waals surface area (Å²) in [5.41, 5.74) is 1.55. The summed E-state index contributed by atoms with van der Waals surface area (Å²) in [5, 5.41) is 11.7. The van der Waals surface area contributed by atoms with Gasteiger partial charge in [0.2, 0.25) is 5.91 Å². The summed E-state index contributed by atoms with van der Waals surface area (Å²) >= 11 is 0. The molecule has 1 aromatic rings. The second kappa shape index (κ2) is 6.80. The van der Waals surface area contributed by atoms with Crippen LogP contribution in [-0.2, 0) is 11.2 Å². The molecule has 0 radical (unpaired) electrons. The van der Waals surface area contributed by atoms with E-state index >= 15 is 0 Å². The Kier molecular flexibility index (Phi) is 5.38. The van der Waals surface area contributed by atoms with Crippen molar-refractivity contribution in [2.75, 3.05) is 0 Å². The van der Waals surface area contributed by atoms with E-state index in [0.717, 1.165) is 12.0 Å². The molecular formula is C15H20N2O. The Balaban J connectivity index is 2.52. The maximum Gasteiger partial charge on any atom is 0.224 e. The van der Waals surface area contributed by atoms with Crippen LogP contribution in [0, 0.1) is 17.2 Å². The molecule has 1 N–H and O–H groups in total. The molecule has 1 aromatic carbocycles. The van der Waals surface area contributed by atoms with Crippen LogP contribution in [0.15, 0.2) is 24.3 Å². The number of nitrogens with one attached hydrogen (secondary N) is 1. The van der Waals surface area contributed by atoms with Gasteiger partial charge in [0.25, 0.3) is 0 Å². The average molecular weight is 244 g/mol. The molecule has 3 nitrogen and oxygen atoms in total. The molecule has 0 heterocycles. The molecule has 0 spiro atoms. The van der Waals surface area contributed by atoms with Gasteiger partial charge in [-0.3, -0.25) is 4.79 Å². The fourth-order valence-corrected chi connectivity index (χ4v) is 1.68. The highest BCUT2D eigenvalue weighted by Gasteiger charge is 2.13. The quantitative estimate of drug-likeness (QED) is 0.865. The van der Waals surface area contributed by atoms with Gasteiger partial charge in [-0.25, -0.2) is 0 Å². The Morgan fingerprint density at radius 2 is 1.94 bits per heavy atom. The van der Waals surface area contributed by atoms with Crippen molar-refractivity contribution in [3.8, 4) is 6.07 Å². The zero-order valence-electron chi connectivity index (χ0n) is 11.2. The third-order valence-corrected chi connectivity index (χ3v) is 3.33. The van der Waals surface area contributed by atoms with Gasteiger partial charge in [-0.2, -0.15) is 5.26 Å². The van der Waals surface area contributed by atoms with Crippen molar-refractivity contribution in [2.45, 2.75) is 39.7 Å². The molecule has 0 aliphatic carbocycles. The lowest BCUT2D eigenvalue weighted by Crippen LogP contribution is -2.37. The molecule has 1 rings (SSSR count). The molecule has 96 valence electrons. The number of nitrogens with zero attached hydrogens (tertiary/aromatic N) is 1. The van der Waals surface area contributed by atoms with Crippen molar-refractivity contribution < 1.29 is 4.79 Å². The summed E-state index contributed by atoms with van der Waals surface area (Å²) in [7, 11) is 0. The first-order valence-corrected chi connectivity index (χ1v) is 6.35. The summed E-state index contributed by atoms with van der Waals surface area (Å²) in [6, 6.07) is 9.38. The number of hydrogen-bond donors (Lipinski definition) is 1. The lowest BCUT2D eigenvalue weighted by molar-refractivity contribution is -0.121. The van der Waals surface area contributed by atoms with Crippen molar-refractivity contribution in [1.82, 2.24) is 5.32 Å². The number of benzene rings is 1. The lowest BCUT2D eigenvalue weighted by Gasteiger charge is -2.19. The minimum absolute atomic E-state index is 0.0347. The Bertz CT molecular complexity index is 431. The van der Waals surface area contributed by atoms with Gasteiger partial charge < -0.3 is 5.32 Å². The summed E-state index contributed by atoms with van der Waals surface area (Å²) in [5.74, 6) is 0.516. The topological polar surface area (TPSA) is 52.9 Å². The minimum atomic E-state index is 0.0347. The predicted octanol–water partition coefficient (Wildman–Crippen LogP) is 2.65. The SMILES string of the molecule is CCC(C)C(C)NC(=O)Cc1ccc(C#N)cc1. The smallest absolute Gasteiger partial charge is 0.224 e. The van der Waals surface area contributed by atoms with Gasteiger partial charge in [-0.05, 0) is 30.5 Å². The monoisotopic (exact) mass is 244 g/mol. The normalized spacial score (nSPS) is 13.4. The molecule has 1 amide bonds. The molecule has 0 saturated carbocycles. The van der Waals surface area contributed by atoms with Gasteiger partial charge in [0.1, 0.15) is 0 Å². The van der Waals surface area contributed by atoms with E-state index in [-0.39, 0.29) is 11.9 Å². The van der Waals surface area contributed by atoms with Crippen LogP contribution < -0.4 is 5.32 Å². The summed E-state index contributed by atoms with van der Waals surface area (Å²) in [6.45, 7) is 6.28. The van der Waals surface area contributed by atoms with Crippen LogP contribution >= 0.6 is 0 Å². The van der Waals surface area contributed by atoms with E-state index in [1.165, 1.54) is 0 Å². The largest absolute Gasteiger partial charge is 0.353 e. The molecular weight excluding hydrogens is 224 g/mol. The first-order chi connectivity index (χ1) is 8.56. The molecule has 2 unspecified atom stereocenters. The molecule has 2 atom stereocenters. The Morgan fingerprint density at radius 3 is 2.44 bits per heavy atom. The van der Waals surface area contributed by atoms with Crippen LogP contribution in [0.5, 0.6) is 0 Å². The van der Waals surface area contributed by atoms with Crippen molar-refractivity contribution >= 4 is 5.91 Å². The van der Waals surface area contributed by atoms with Crippen LogP contribution in [-0.4, -0.2) is 11.9 Å². The first-order valence-electron chi connectivity index (χ1n) is 6.35. The highest BCUT2D eigenvalue weighted by atomic mass is 16.1. The summed E-state index contributed by atoms with van der Waals surface area (Å²) < 4.78 is 0. The Hall–Kier alpha value is -1.82. The number of amides is 1. The van der Waals surface area contributed by atoms with E-state index in [2.05, 4.69) is 25.2 Å². The molecule has 18 heavy (non-hydrogen) atoms. The fraction of sp³-hybridized carbons (Fsp3) is 0.467. The van der Waals surface area contributed by atoms with Crippen molar-refractivity contribution in [1.29, 1.82) is 5.26 Å². The molecule has 0 bridgehead atoms. The Labute approximate surface area is 109 Å². The van der Waals surface area contributed by atoms with E-state index in [1.54, 1.807) is 12.1 Å². The molecule has 0 fully saturated rings. The van der Waals surface area contributed by atoms with Crippen molar-refractivity contribution in [3.63, 3.8) is 0 Å². The van der Waals surface area contributed by atoms with E-state index in [1.807, 2.05) is 19.1 Å². The van der Waals surface area contributed by atoms with E-state index in [9.17, 15) is 4.79 Å². The maximum absolute atomic E-state index is 11.8. The zero-order chi connectivity index (χ0) is 13.5. The second-order valence-corrected chi connectivity index (χ2v) is 4.73. The lowest BCUT2D eigenvalue weighted by atomic mass is 10.0. The molecule has 0 saturated heterocycles. The van der Waals surface area contributed by atoms with Gasteiger partial charge in [-0.1, -0.05) is 32.4 Å². The van der Waals surface area contributed by atoms with Crippen molar-refractivity contribution in [2.24, 2.45) is 5.92 Å². The molecule has 0 aliphatic rings. The van der Waals surface area contributed by atoms with Gasteiger partial charge in [0.15, 0.2) is 0 Å². The van der Waals surface area contributed by atoms with E-state index in [0.29, 0.717) is 17.9 Å². The standard InChI is InChI=1S/C15H20N2O/c1-4-11(2)12(3)17-15(18)9-13-5-7-14(10-16)8-6-13/h5-8,11-12H,4,9H2,1-3H3,(H,17,18). The fourth-order valence-electron chi connectivity index (χ4n) is 1.68. The molecule has 0 aliphatic heterocycles. The molecule has 0 aromatic heterocycles. The second-order valence-electron chi connectivity index (χ2n) is 4.73. The number of carbonyl (C=O) groups excluding carboxylic acids is 1. The van der Waals surface area contributed by atoms with Gasteiger partial charge in [0.05, 0.1) is 18.1 Å². The summed E-state index contributed by atoms with van der Waals surface area (Å²) in [6.07, 6.45) is 1.42. The third kappa shape index (κ3) is 4.21. The summed E-state index contributed by atoms with van der Waals surface area (Å²) in [4.78, 5) is 11.8. The van der Waals surface area contributed by atoms with Gasteiger partial charge in [0, 0.05) is 6.04 Å². The highest BCUT2D eigenvalue weighted by molar-refractivity contribution is 5.78. The van der Waals surface area contributed by atoms with Gasteiger partial charge in [-0.15, -0.1) is 0 Å². The number of nitriles is 1. The van der Waals surface area contributed by atoms with Gasteiger partial charge >= 0.3 is 0 Å². The minimum Gasteiger partial charge on any atom is -0.353 e. The number of hydrogen-bond acceptors (Lipinski definition) is 2. The van der Waals surface area contributed by atoms with Crippen LogP contribution in [0.3, 0.4) is 0 Å². The Morgan fingerprint density at radius 1 is 1.33 bits per heavy atom. The van der Waals surface area contributed by atoms with Crippen LogP contribution in [0.4, 0.5) is 0 Å². The van der Waals surface area contributed by atoms with Crippen molar-refractivity contribution in [3.05, 3.63) is 35.4 Å². The highest BCUT2D eigenvalue weighted by Crippen LogP contribution is 2.08. The van der Waals surface area contributed by atoms with Crippen LogP contribution in [0.1, 0.15) is 38.3 Å². The molecule has 3 heteroatoms. The van der Waals surface area contributed by atoms with E-state index < -0.39 is 0 Å². The zero-order valence-corrected chi connectivity index (χ0v) is 11.2. The number of rotatable bonds is 5. The maximum atomic E-state index is 11.8. The number of carbonyl (C=O) groups is 1. The predicted molar refractivity (Wildman–Crippen MR) is 71.9 cm³/mol. The first kappa shape index (κ1) is 14.2. The van der Waals surface area contributed by atoms with E-state index in [4.69, 9.17) is 5.26 Å². The third-order valence-electron chi connectivity index (χ3n) is 3.33. The van der Waals surface area contributed by atoms with Crippen LogP contribution in [0.25, 0.3) is 0 Å². The average Bonchev–Trinajstić information content (AvgIpc) is 2.38.